The van der Waals surface area contributed by atoms with Crippen molar-refractivity contribution in [2.75, 3.05) is 0 Å². The van der Waals surface area contributed by atoms with Gasteiger partial charge in [-0.15, -0.1) is 0 Å². The zero-order valence-electron chi connectivity index (χ0n) is 11.0. The van der Waals surface area contributed by atoms with Crippen LogP contribution in [0.25, 0.3) is 0 Å². The first-order chi connectivity index (χ1) is 9.40. The average Bonchev–Trinajstić information content (AvgIpc) is 2.38. The highest BCUT2D eigenvalue weighted by Gasteiger charge is 2.19. The smallest absolute Gasteiger partial charge is 0.290 e. The molecule has 0 spiro atoms. The van der Waals surface area contributed by atoms with E-state index in [9.17, 15) is 13.2 Å². The third kappa shape index (κ3) is 3.03. The van der Waals surface area contributed by atoms with Crippen molar-refractivity contribution in [3.05, 3.63) is 53.6 Å². The van der Waals surface area contributed by atoms with E-state index in [1.165, 1.54) is 24.3 Å². The first-order valence-corrected chi connectivity index (χ1v) is 7.29. The van der Waals surface area contributed by atoms with E-state index in [2.05, 4.69) is 5.16 Å². The molecule has 0 atom stereocenters. The second-order valence-electron chi connectivity index (χ2n) is 4.33. The van der Waals surface area contributed by atoms with Crippen LogP contribution in [0.1, 0.15) is 12.5 Å². The van der Waals surface area contributed by atoms with Gasteiger partial charge in [0.15, 0.2) is 5.78 Å². The molecule has 0 saturated heterocycles. The van der Waals surface area contributed by atoms with Gasteiger partial charge >= 0.3 is 10.1 Å². The molecule has 0 amide bonds. The highest BCUT2D eigenvalue weighted by molar-refractivity contribution is 7.86. The molecular weight excluding hydrogens is 278 g/mol. The van der Waals surface area contributed by atoms with Gasteiger partial charge in [-0.2, -0.15) is 8.42 Å². The van der Waals surface area contributed by atoms with E-state index in [1.807, 2.05) is 0 Å². The maximum atomic E-state index is 12.0. The Kier molecular flexibility index (Phi) is 3.85. The largest absolute Gasteiger partial charge is 0.358 e. The van der Waals surface area contributed by atoms with Crippen LogP contribution in [0.15, 0.2) is 58.1 Å². The molecule has 104 valence electrons. The molecule has 0 aliphatic heterocycles. The second-order valence-corrected chi connectivity index (χ2v) is 5.83. The SMILES string of the molecule is CC1=CC(=O)C=CC1=NOS(=O)(=O)c1ccccc1C. The van der Waals surface area contributed by atoms with Crippen LogP contribution < -0.4 is 0 Å². The monoisotopic (exact) mass is 291 g/mol. The summed E-state index contributed by atoms with van der Waals surface area (Å²) >= 11 is 0. The van der Waals surface area contributed by atoms with Gasteiger partial charge in [-0.1, -0.05) is 23.4 Å². The number of rotatable bonds is 3. The lowest BCUT2D eigenvalue weighted by Crippen LogP contribution is -2.09. The van der Waals surface area contributed by atoms with Crippen LogP contribution >= 0.6 is 0 Å². The summed E-state index contributed by atoms with van der Waals surface area (Å²) in [5.74, 6) is -0.164. The summed E-state index contributed by atoms with van der Waals surface area (Å²) in [5, 5.41) is 3.61. The van der Waals surface area contributed by atoms with Crippen molar-refractivity contribution in [1.29, 1.82) is 0 Å². The molecule has 2 rings (SSSR count). The standard InChI is InChI=1S/C14H13NO4S/c1-10-5-3-4-6-14(10)20(17,18)19-15-13-8-7-12(16)9-11(13)2/h3-9H,1-2H3. The molecule has 20 heavy (non-hydrogen) atoms. The summed E-state index contributed by atoms with van der Waals surface area (Å²) in [6.07, 6.45) is 4.09. The molecule has 0 N–H and O–H groups in total. The Balaban J connectivity index is 2.27. The lowest BCUT2D eigenvalue weighted by atomic mass is 10.1. The fraction of sp³-hybridized carbons (Fsp3) is 0.143. The quantitative estimate of drug-likeness (QED) is 0.632. The lowest BCUT2D eigenvalue weighted by Gasteiger charge is -2.07. The molecule has 1 aromatic rings. The molecule has 5 nitrogen and oxygen atoms in total. The minimum atomic E-state index is -3.96. The minimum absolute atomic E-state index is 0.0712. The molecule has 0 saturated carbocycles. The van der Waals surface area contributed by atoms with Crippen LogP contribution in [-0.2, 0) is 19.2 Å². The number of carbonyl (C=O) groups is 1. The molecule has 1 aliphatic carbocycles. The molecule has 0 aromatic heterocycles. The summed E-state index contributed by atoms with van der Waals surface area (Å²) < 4.78 is 28.8. The van der Waals surface area contributed by atoms with E-state index in [1.54, 1.807) is 32.0 Å². The predicted octanol–water partition coefficient (Wildman–Crippen LogP) is 2.14. The van der Waals surface area contributed by atoms with Gasteiger partial charge in [-0.25, -0.2) is 0 Å². The number of allylic oxidation sites excluding steroid dienone is 4. The van der Waals surface area contributed by atoms with Crippen molar-refractivity contribution >= 4 is 21.6 Å². The summed E-state index contributed by atoms with van der Waals surface area (Å²) in [4.78, 5) is 11.2. The van der Waals surface area contributed by atoms with Crippen LogP contribution in [0.3, 0.4) is 0 Å². The van der Waals surface area contributed by atoms with Gasteiger partial charge in [0, 0.05) is 0 Å². The third-order valence-corrected chi connectivity index (χ3v) is 4.03. The summed E-state index contributed by atoms with van der Waals surface area (Å²) in [6, 6.07) is 6.48. The van der Waals surface area contributed by atoms with Gasteiger partial charge in [-0.05, 0) is 49.3 Å². The van der Waals surface area contributed by atoms with Crippen LogP contribution in [0.5, 0.6) is 0 Å². The lowest BCUT2D eigenvalue weighted by molar-refractivity contribution is -0.110. The fourth-order valence-electron chi connectivity index (χ4n) is 1.70. The van der Waals surface area contributed by atoms with E-state index >= 15 is 0 Å². The van der Waals surface area contributed by atoms with Gasteiger partial charge in [-0.3, -0.25) is 9.08 Å². The number of oxime groups is 1. The molecule has 0 radical (unpaired) electrons. The number of benzene rings is 1. The summed E-state index contributed by atoms with van der Waals surface area (Å²) in [7, 11) is -3.96. The molecule has 1 aliphatic rings. The molecule has 6 heteroatoms. The predicted molar refractivity (Wildman–Crippen MR) is 74.8 cm³/mol. The van der Waals surface area contributed by atoms with Crippen molar-refractivity contribution in [1.82, 2.24) is 0 Å². The van der Waals surface area contributed by atoms with Crippen LogP contribution in [0.4, 0.5) is 0 Å². The van der Waals surface area contributed by atoms with E-state index in [0.717, 1.165) is 0 Å². The Bertz CT molecular complexity index is 742. The molecule has 0 heterocycles. The number of ketones is 1. The van der Waals surface area contributed by atoms with Gasteiger partial charge < -0.3 is 0 Å². The van der Waals surface area contributed by atoms with Crippen LogP contribution in [-0.4, -0.2) is 19.9 Å². The highest BCUT2D eigenvalue weighted by Crippen LogP contribution is 2.18. The number of hydrogen-bond acceptors (Lipinski definition) is 5. The first kappa shape index (κ1) is 14.2. The Morgan fingerprint density at radius 1 is 1.10 bits per heavy atom. The van der Waals surface area contributed by atoms with E-state index in [0.29, 0.717) is 16.8 Å². The number of hydrogen-bond donors (Lipinski definition) is 0. The van der Waals surface area contributed by atoms with E-state index in [-0.39, 0.29) is 10.7 Å². The maximum absolute atomic E-state index is 12.0. The molecular formula is C14H13NO4S. The number of aryl methyl sites for hydroxylation is 1. The zero-order chi connectivity index (χ0) is 14.8. The second kappa shape index (κ2) is 5.42. The van der Waals surface area contributed by atoms with Crippen LogP contribution in [0, 0.1) is 6.92 Å². The Labute approximate surface area is 117 Å². The van der Waals surface area contributed by atoms with Gasteiger partial charge in [0.1, 0.15) is 10.6 Å². The van der Waals surface area contributed by atoms with Gasteiger partial charge in [0.2, 0.25) is 0 Å². The molecule has 0 unspecified atom stereocenters. The summed E-state index contributed by atoms with van der Waals surface area (Å²) in [6.45, 7) is 3.33. The maximum Gasteiger partial charge on any atom is 0.358 e. The Morgan fingerprint density at radius 3 is 2.45 bits per heavy atom. The normalized spacial score (nSPS) is 17.2. The van der Waals surface area contributed by atoms with Crippen molar-refractivity contribution in [2.24, 2.45) is 5.16 Å². The Hall–Kier alpha value is -2.21. The van der Waals surface area contributed by atoms with Gasteiger partial charge in [0.25, 0.3) is 0 Å². The Morgan fingerprint density at radius 2 is 1.80 bits per heavy atom. The minimum Gasteiger partial charge on any atom is -0.290 e. The third-order valence-electron chi connectivity index (χ3n) is 2.76. The van der Waals surface area contributed by atoms with Crippen molar-refractivity contribution in [3.63, 3.8) is 0 Å². The first-order valence-electron chi connectivity index (χ1n) is 5.88. The fourth-order valence-corrected chi connectivity index (χ4v) is 2.66. The highest BCUT2D eigenvalue weighted by atomic mass is 32.2. The molecule has 0 fully saturated rings. The van der Waals surface area contributed by atoms with Crippen molar-refractivity contribution in [3.8, 4) is 0 Å². The average molecular weight is 291 g/mol. The molecule has 1 aromatic carbocycles. The van der Waals surface area contributed by atoms with Crippen molar-refractivity contribution < 1.29 is 17.5 Å². The topological polar surface area (TPSA) is 72.8 Å². The zero-order valence-corrected chi connectivity index (χ0v) is 11.8. The summed E-state index contributed by atoms with van der Waals surface area (Å²) in [5.41, 5.74) is 1.44. The number of nitrogens with zero attached hydrogens (tertiary/aromatic N) is 1. The van der Waals surface area contributed by atoms with Crippen LogP contribution in [0.2, 0.25) is 0 Å². The molecule has 0 bridgehead atoms. The van der Waals surface area contributed by atoms with Gasteiger partial charge in [0.05, 0.1) is 0 Å². The van der Waals surface area contributed by atoms with E-state index < -0.39 is 10.1 Å². The van der Waals surface area contributed by atoms with E-state index in [4.69, 9.17) is 4.28 Å². The van der Waals surface area contributed by atoms with Crippen molar-refractivity contribution in [2.45, 2.75) is 18.7 Å². The number of carbonyl (C=O) groups excluding carboxylic acids is 1.